The van der Waals surface area contributed by atoms with Gasteiger partial charge < -0.3 is 15.4 Å². The number of nitrogens with zero attached hydrogens (tertiary/aromatic N) is 3. The van der Waals surface area contributed by atoms with E-state index >= 15 is 0 Å². The average molecular weight is 533 g/mol. The Labute approximate surface area is 197 Å². The quantitative estimate of drug-likeness (QED) is 0.306. The van der Waals surface area contributed by atoms with Crippen LogP contribution in [0.2, 0.25) is 0 Å². The third kappa shape index (κ3) is 7.32. The number of morpholine rings is 1. The fraction of sp³-hybridized carbons (Fsp3) is 0.682. The maximum atomic E-state index is 13.9. The lowest BCUT2D eigenvalue weighted by Crippen LogP contribution is -2.45. The van der Waals surface area contributed by atoms with E-state index in [1.54, 1.807) is 12.1 Å². The van der Waals surface area contributed by atoms with Crippen molar-refractivity contribution in [2.45, 2.75) is 38.8 Å². The lowest BCUT2D eigenvalue weighted by molar-refractivity contribution is 0.0179. The molecule has 2 unspecified atom stereocenters. The summed E-state index contributed by atoms with van der Waals surface area (Å²) in [7, 11) is 0. The van der Waals surface area contributed by atoms with E-state index in [-0.39, 0.29) is 35.8 Å². The number of aliphatic imine (C=N–C) groups is 1. The minimum atomic E-state index is -0.198. The van der Waals surface area contributed by atoms with Gasteiger partial charge in [-0.2, -0.15) is 0 Å². The van der Waals surface area contributed by atoms with Gasteiger partial charge in [-0.25, -0.2) is 4.39 Å². The van der Waals surface area contributed by atoms with Gasteiger partial charge in [0.05, 0.1) is 25.8 Å². The standard InChI is InChI=1S/C22H36FN5O.HI/c1-3-24-22(25-16-20-9-6-10-27(20)4-2)26-17-21(28-11-13-29-14-12-28)18-7-5-8-19(23)15-18;/h5,7-8,15,20-21H,3-4,6,9-14,16-17H2,1-2H3,(H2,24,25,26);1H. The molecule has 2 saturated heterocycles. The highest BCUT2D eigenvalue weighted by atomic mass is 127. The highest BCUT2D eigenvalue weighted by Gasteiger charge is 2.24. The zero-order chi connectivity index (χ0) is 20.5. The second-order valence-corrected chi connectivity index (χ2v) is 7.74. The molecule has 3 rings (SSSR count). The molecule has 1 aromatic rings. The van der Waals surface area contributed by atoms with Crippen LogP contribution in [0.1, 0.15) is 38.3 Å². The first-order valence-electron chi connectivity index (χ1n) is 11.0. The SMILES string of the molecule is CCNC(=NCC(c1cccc(F)c1)N1CCOCC1)NCC1CCCN1CC.I. The molecule has 0 saturated carbocycles. The first kappa shape index (κ1) is 25.3. The molecule has 0 aromatic heterocycles. The molecule has 0 radical (unpaired) electrons. The van der Waals surface area contributed by atoms with E-state index in [9.17, 15) is 4.39 Å². The van der Waals surface area contributed by atoms with Gasteiger partial charge in [0.15, 0.2) is 5.96 Å². The van der Waals surface area contributed by atoms with Gasteiger partial charge >= 0.3 is 0 Å². The summed E-state index contributed by atoms with van der Waals surface area (Å²) >= 11 is 0. The highest BCUT2D eigenvalue weighted by Crippen LogP contribution is 2.23. The number of guanidine groups is 1. The maximum Gasteiger partial charge on any atom is 0.191 e. The summed E-state index contributed by atoms with van der Waals surface area (Å²) in [5, 5.41) is 6.89. The smallest absolute Gasteiger partial charge is 0.191 e. The Morgan fingerprint density at radius 2 is 2.03 bits per heavy atom. The Bertz CT molecular complexity index is 656. The van der Waals surface area contributed by atoms with Crippen molar-refractivity contribution in [3.8, 4) is 0 Å². The lowest BCUT2D eigenvalue weighted by Gasteiger charge is -2.34. The molecule has 0 spiro atoms. The third-order valence-corrected chi connectivity index (χ3v) is 5.90. The maximum absolute atomic E-state index is 13.9. The van der Waals surface area contributed by atoms with E-state index in [1.165, 1.54) is 25.5 Å². The van der Waals surface area contributed by atoms with Crippen molar-refractivity contribution >= 4 is 29.9 Å². The van der Waals surface area contributed by atoms with Crippen LogP contribution in [0, 0.1) is 5.82 Å². The fourth-order valence-electron chi connectivity index (χ4n) is 4.31. The molecule has 30 heavy (non-hydrogen) atoms. The minimum absolute atomic E-state index is 0. The van der Waals surface area contributed by atoms with E-state index in [4.69, 9.17) is 9.73 Å². The van der Waals surface area contributed by atoms with Gasteiger partial charge in [-0.1, -0.05) is 19.1 Å². The fourth-order valence-corrected chi connectivity index (χ4v) is 4.31. The lowest BCUT2D eigenvalue weighted by atomic mass is 10.0. The Hall–Kier alpha value is -0.970. The summed E-state index contributed by atoms with van der Waals surface area (Å²) in [6, 6.07) is 7.52. The summed E-state index contributed by atoms with van der Waals surface area (Å²) < 4.78 is 19.4. The molecule has 2 aliphatic rings. The molecular weight excluding hydrogens is 496 g/mol. The van der Waals surface area contributed by atoms with Gasteiger partial charge in [0.2, 0.25) is 0 Å². The first-order chi connectivity index (χ1) is 14.2. The molecule has 2 fully saturated rings. The van der Waals surface area contributed by atoms with Crippen LogP contribution in [0.4, 0.5) is 4.39 Å². The van der Waals surface area contributed by atoms with Gasteiger partial charge in [0.1, 0.15) is 5.82 Å². The molecule has 0 aliphatic carbocycles. The van der Waals surface area contributed by atoms with E-state index < -0.39 is 0 Å². The number of benzene rings is 1. The van der Waals surface area contributed by atoms with Crippen molar-refractivity contribution in [1.82, 2.24) is 20.4 Å². The van der Waals surface area contributed by atoms with Crippen LogP contribution in [0.5, 0.6) is 0 Å². The van der Waals surface area contributed by atoms with Crippen LogP contribution >= 0.6 is 24.0 Å². The number of hydrogen-bond acceptors (Lipinski definition) is 4. The monoisotopic (exact) mass is 533 g/mol. The van der Waals surface area contributed by atoms with E-state index in [2.05, 4.69) is 34.3 Å². The molecule has 2 aliphatic heterocycles. The van der Waals surface area contributed by atoms with Crippen LogP contribution in [-0.4, -0.2) is 80.8 Å². The third-order valence-electron chi connectivity index (χ3n) is 5.90. The van der Waals surface area contributed by atoms with Gasteiger partial charge in [-0.05, 0) is 50.6 Å². The summed E-state index contributed by atoms with van der Waals surface area (Å²) in [4.78, 5) is 9.75. The number of likely N-dealkylation sites (tertiary alicyclic amines) is 1. The molecule has 1 aromatic carbocycles. The predicted molar refractivity (Wildman–Crippen MR) is 131 cm³/mol. The molecule has 2 atom stereocenters. The van der Waals surface area contributed by atoms with Crippen LogP contribution in [0.15, 0.2) is 29.3 Å². The summed E-state index contributed by atoms with van der Waals surface area (Å²) in [6.07, 6.45) is 2.51. The van der Waals surface area contributed by atoms with Crippen LogP contribution in [0.25, 0.3) is 0 Å². The number of ether oxygens (including phenoxy) is 1. The summed E-state index contributed by atoms with van der Waals surface area (Å²) in [5.74, 6) is 0.640. The minimum Gasteiger partial charge on any atom is -0.379 e. The molecule has 6 nitrogen and oxygen atoms in total. The number of rotatable bonds is 8. The van der Waals surface area contributed by atoms with Gasteiger partial charge in [-0.3, -0.25) is 14.8 Å². The Morgan fingerprint density at radius 3 is 2.73 bits per heavy atom. The highest BCUT2D eigenvalue weighted by molar-refractivity contribution is 14.0. The van der Waals surface area contributed by atoms with Gasteiger partial charge in [-0.15, -0.1) is 24.0 Å². The van der Waals surface area contributed by atoms with Crippen molar-refractivity contribution in [3.63, 3.8) is 0 Å². The van der Waals surface area contributed by atoms with E-state index in [0.717, 1.165) is 44.2 Å². The Morgan fingerprint density at radius 1 is 1.23 bits per heavy atom. The number of likely N-dealkylation sites (N-methyl/N-ethyl adjacent to an activating group) is 1. The molecule has 0 bridgehead atoms. The topological polar surface area (TPSA) is 52.1 Å². The van der Waals surface area contributed by atoms with Crippen LogP contribution < -0.4 is 10.6 Å². The Kier molecular flexibility index (Phi) is 11.3. The molecule has 0 amide bonds. The summed E-state index contributed by atoms with van der Waals surface area (Å²) in [5.41, 5.74) is 0.972. The molecule has 170 valence electrons. The van der Waals surface area contributed by atoms with Crippen molar-refractivity contribution in [2.75, 3.05) is 59.0 Å². The first-order valence-corrected chi connectivity index (χ1v) is 11.0. The number of hydrogen-bond donors (Lipinski definition) is 2. The van der Waals surface area contributed by atoms with Crippen molar-refractivity contribution in [2.24, 2.45) is 4.99 Å². The molecular formula is C22H37FIN5O. The second-order valence-electron chi connectivity index (χ2n) is 7.74. The van der Waals surface area contributed by atoms with E-state index in [1.807, 2.05) is 6.07 Å². The largest absolute Gasteiger partial charge is 0.379 e. The molecule has 2 N–H and O–H groups in total. The number of halogens is 2. The zero-order valence-electron chi connectivity index (χ0n) is 18.3. The second kappa shape index (κ2) is 13.4. The molecule has 8 heteroatoms. The normalized spacial score (nSPS) is 21.8. The van der Waals surface area contributed by atoms with Crippen molar-refractivity contribution in [1.29, 1.82) is 0 Å². The van der Waals surface area contributed by atoms with Gasteiger partial charge in [0, 0.05) is 32.2 Å². The zero-order valence-corrected chi connectivity index (χ0v) is 20.6. The average Bonchev–Trinajstić information content (AvgIpc) is 3.20. The molecule has 2 heterocycles. The van der Waals surface area contributed by atoms with Crippen molar-refractivity contribution in [3.05, 3.63) is 35.6 Å². The predicted octanol–water partition coefficient (Wildman–Crippen LogP) is 2.86. The van der Waals surface area contributed by atoms with Crippen LogP contribution in [0.3, 0.4) is 0 Å². The van der Waals surface area contributed by atoms with E-state index in [0.29, 0.717) is 25.8 Å². The van der Waals surface area contributed by atoms with Crippen LogP contribution in [-0.2, 0) is 4.74 Å². The van der Waals surface area contributed by atoms with Crippen molar-refractivity contribution < 1.29 is 9.13 Å². The van der Waals surface area contributed by atoms with Gasteiger partial charge in [0.25, 0.3) is 0 Å². The Balaban J connectivity index is 0.00000320. The number of nitrogens with one attached hydrogen (secondary N) is 2. The summed E-state index contributed by atoms with van der Waals surface area (Å²) in [6.45, 7) is 12.0.